The summed E-state index contributed by atoms with van der Waals surface area (Å²) in [6.07, 6.45) is 0. The molecule has 48 heavy (non-hydrogen) atoms. The van der Waals surface area contributed by atoms with Gasteiger partial charge in [0.15, 0.2) is 0 Å². The predicted molar refractivity (Wildman–Crippen MR) is 189 cm³/mol. The van der Waals surface area contributed by atoms with E-state index in [1.165, 1.54) is 48.3 Å². The maximum atomic E-state index is 14.3. The summed E-state index contributed by atoms with van der Waals surface area (Å²) in [5, 5.41) is 0. The predicted octanol–water partition coefficient (Wildman–Crippen LogP) is 7.48. The maximum Gasteiger partial charge on any atom is 0.337 e. The van der Waals surface area contributed by atoms with Crippen LogP contribution in [0.15, 0.2) is 89.4 Å². The van der Waals surface area contributed by atoms with Crippen LogP contribution in [0.25, 0.3) is 0 Å². The summed E-state index contributed by atoms with van der Waals surface area (Å²) in [6, 6.07) is 22.2. The number of hydrogen-bond donors (Lipinski definition) is 0. The van der Waals surface area contributed by atoms with E-state index in [9.17, 15) is 28.0 Å². The van der Waals surface area contributed by atoms with Gasteiger partial charge in [0.05, 0.1) is 36.7 Å². The highest BCUT2D eigenvalue weighted by Gasteiger charge is 2.33. The van der Waals surface area contributed by atoms with Crippen molar-refractivity contribution >= 4 is 85.3 Å². The van der Waals surface area contributed by atoms with Gasteiger partial charge in [-0.1, -0.05) is 28.1 Å². The van der Waals surface area contributed by atoms with Crippen LogP contribution in [0, 0.1) is 15.2 Å². The van der Waals surface area contributed by atoms with Crippen molar-refractivity contribution in [1.82, 2.24) is 0 Å². The minimum atomic E-state index is -0.637. The van der Waals surface area contributed by atoms with Gasteiger partial charge < -0.3 is 9.47 Å². The monoisotopic (exact) mass is 832 g/mol. The van der Waals surface area contributed by atoms with Gasteiger partial charge in [-0.25, -0.2) is 28.0 Å². The van der Waals surface area contributed by atoms with E-state index >= 15 is 0 Å². The summed E-state index contributed by atoms with van der Waals surface area (Å²) >= 11 is 5.55. The van der Waals surface area contributed by atoms with Gasteiger partial charge in [-0.15, -0.1) is 0 Å². The lowest BCUT2D eigenvalue weighted by Crippen LogP contribution is -2.32. The second kappa shape index (κ2) is 15.1. The molecule has 2 saturated heterocycles. The third-order valence-corrected chi connectivity index (χ3v) is 8.74. The molecule has 0 bridgehead atoms. The standard InChI is InChI=1S/C17H14BrFN2O3.C17H14FIN2O3/c1-24-16(22)11-5-6-15(14(19)9-11)21-8-7-20(17(21)23)13-4-2-3-12(18)10-13;1-24-16(22)11-5-6-15(14(18)9-11)21-8-7-20(17(21)23)13-4-2-3-12(19)10-13/h2*2-6,9-10H,7-8H2,1H3. The summed E-state index contributed by atoms with van der Waals surface area (Å²) in [5.41, 5.74) is 2.03. The molecule has 248 valence electrons. The zero-order valence-corrected chi connectivity index (χ0v) is 29.4. The van der Waals surface area contributed by atoms with E-state index in [-0.39, 0.29) is 34.6 Å². The lowest BCUT2D eigenvalue weighted by atomic mass is 10.2. The highest BCUT2D eigenvalue weighted by Crippen LogP contribution is 2.30. The fraction of sp³-hybridized carbons (Fsp3) is 0.176. The first kappa shape index (κ1) is 34.8. The minimum Gasteiger partial charge on any atom is -0.465 e. The average Bonchev–Trinajstić information content (AvgIpc) is 3.66. The van der Waals surface area contributed by atoms with Crippen molar-refractivity contribution in [3.63, 3.8) is 0 Å². The van der Waals surface area contributed by atoms with Crippen LogP contribution in [0.5, 0.6) is 0 Å². The van der Waals surface area contributed by atoms with Gasteiger partial charge in [-0.2, -0.15) is 0 Å². The first-order valence-electron chi connectivity index (χ1n) is 14.5. The average molecular weight is 833 g/mol. The fourth-order valence-electron chi connectivity index (χ4n) is 5.23. The number of ether oxygens (including phenoxy) is 2. The van der Waals surface area contributed by atoms with E-state index in [0.717, 1.165) is 31.6 Å². The number of carbonyl (C=O) groups is 4. The zero-order valence-electron chi connectivity index (χ0n) is 25.7. The van der Waals surface area contributed by atoms with E-state index in [2.05, 4.69) is 48.0 Å². The number of methoxy groups -OCH3 is 2. The van der Waals surface area contributed by atoms with Crippen molar-refractivity contribution in [2.75, 3.05) is 60.0 Å². The Bertz CT molecular complexity index is 1760. The molecule has 0 aliphatic carbocycles. The van der Waals surface area contributed by atoms with Crippen LogP contribution in [-0.2, 0) is 9.47 Å². The van der Waals surface area contributed by atoms with Crippen LogP contribution < -0.4 is 19.6 Å². The Morgan fingerprint density at radius 3 is 1.50 bits per heavy atom. The lowest BCUT2D eigenvalue weighted by molar-refractivity contribution is 0.0591. The van der Waals surface area contributed by atoms with E-state index in [1.54, 1.807) is 9.80 Å². The molecule has 2 fully saturated rings. The van der Waals surface area contributed by atoms with Gasteiger partial charge in [-0.05, 0) is 95.4 Å². The molecule has 10 nitrogen and oxygen atoms in total. The number of benzene rings is 4. The first-order valence-corrected chi connectivity index (χ1v) is 16.3. The van der Waals surface area contributed by atoms with Crippen molar-refractivity contribution < 1.29 is 37.4 Å². The molecule has 2 heterocycles. The number of rotatable bonds is 6. The molecule has 4 aromatic carbocycles. The molecule has 6 rings (SSSR count). The molecule has 4 aromatic rings. The van der Waals surface area contributed by atoms with Gasteiger partial charge in [0.2, 0.25) is 0 Å². The Morgan fingerprint density at radius 2 is 1.08 bits per heavy atom. The third kappa shape index (κ3) is 7.44. The van der Waals surface area contributed by atoms with Crippen LogP contribution in [0.2, 0.25) is 0 Å². The summed E-state index contributed by atoms with van der Waals surface area (Å²) < 4.78 is 39.7. The number of hydrogen-bond acceptors (Lipinski definition) is 6. The summed E-state index contributed by atoms with van der Waals surface area (Å²) in [7, 11) is 2.46. The van der Waals surface area contributed by atoms with E-state index in [1.807, 2.05) is 48.5 Å². The zero-order chi connectivity index (χ0) is 34.5. The molecule has 4 amide bonds. The lowest BCUT2D eigenvalue weighted by Gasteiger charge is -2.19. The molecular formula is C34H28BrF2IN4O6. The van der Waals surface area contributed by atoms with Gasteiger partial charge in [-0.3, -0.25) is 19.6 Å². The van der Waals surface area contributed by atoms with Crippen molar-refractivity contribution in [3.8, 4) is 0 Å². The molecule has 0 spiro atoms. The largest absolute Gasteiger partial charge is 0.465 e. The second-order valence-electron chi connectivity index (χ2n) is 10.4. The fourth-order valence-corrected chi connectivity index (χ4v) is 6.14. The Labute approximate surface area is 297 Å². The molecule has 0 saturated carbocycles. The van der Waals surface area contributed by atoms with E-state index in [0.29, 0.717) is 26.2 Å². The number of amides is 4. The van der Waals surface area contributed by atoms with E-state index in [4.69, 9.17) is 0 Å². The van der Waals surface area contributed by atoms with Crippen molar-refractivity contribution in [3.05, 3.63) is 116 Å². The van der Waals surface area contributed by atoms with Gasteiger partial charge >= 0.3 is 24.0 Å². The van der Waals surface area contributed by atoms with Crippen molar-refractivity contribution in [2.45, 2.75) is 0 Å². The minimum absolute atomic E-state index is 0.106. The molecule has 2 aliphatic heterocycles. The van der Waals surface area contributed by atoms with Gasteiger partial charge in [0.1, 0.15) is 11.6 Å². The Kier molecular flexibility index (Phi) is 10.9. The Hall–Kier alpha value is -4.57. The van der Waals surface area contributed by atoms with Crippen LogP contribution in [0.1, 0.15) is 20.7 Å². The Balaban J connectivity index is 0.000000188. The number of anilines is 4. The van der Waals surface area contributed by atoms with Gasteiger partial charge in [0.25, 0.3) is 0 Å². The quantitative estimate of drug-likeness (QED) is 0.148. The maximum absolute atomic E-state index is 14.3. The topological polar surface area (TPSA) is 99.7 Å². The molecule has 0 N–H and O–H groups in total. The highest BCUT2D eigenvalue weighted by molar-refractivity contribution is 14.1. The van der Waals surface area contributed by atoms with E-state index < -0.39 is 23.6 Å². The number of carbonyl (C=O) groups excluding carboxylic acids is 4. The van der Waals surface area contributed by atoms with Crippen LogP contribution >= 0.6 is 38.5 Å². The highest BCUT2D eigenvalue weighted by atomic mass is 127. The second-order valence-corrected chi connectivity index (χ2v) is 12.6. The Morgan fingerprint density at radius 1 is 0.646 bits per heavy atom. The molecule has 0 aromatic heterocycles. The summed E-state index contributed by atoms with van der Waals surface area (Å²) in [6.45, 7) is 1.66. The molecule has 0 radical (unpaired) electrons. The number of esters is 2. The number of nitrogens with zero attached hydrogens (tertiary/aromatic N) is 4. The summed E-state index contributed by atoms with van der Waals surface area (Å²) in [5.74, 6) is -2.50. The van der Waals surface area contributed by atoms with Crippen LogP contribution in [-0.4, -0.2) is 64.4 Å². The normalized spacial score (nSPS) is 14.2. The summed E-state index contributed by atoms with van der Waals surface area (Å²) in [4.78, 5) is 54.1. The van der Waals surface area contributed by atoms with Gasteiger partial charge in [0, 0.05) is 45.6 Å². The molecule has 0 unspecified atom stereocenters. The van der Waals surface area contributed by atoms with Crippen molar-refractivity contribution in [1.29, 1.82) is 0 Å². The molecule has 0 atom stereocenters. The number of urea groups is 2. The van der Waals surface area contributed by atoms with Crippen molar-refractivity contribution in [2.24, 2.45) is 0 Å². The number of halogens is 4. The van der Waals surface area contributed by atoms with Crippen LogP contribution in [0.3, 0.4) is 0 Å². The third-order valence-electron chi connectivity index (χ3n) is 7.58. The molecular weight excluding hydrogens is 805 g/mol. The molecule has 14 heteroatoms. The first-order chi connectivity index (χ1) is 23.0. The smallest absolute Gasteiger partial charge is 0.337 e. The van der Waals surface area contributed by atoms with Crippen LogP contribution in [0.4, 0.5) is 41.1 Å². The molecule has 2 aliphatic rings. The SMILES string of the molecule is COC(=O)c1ccc(N2CCN(c3cccc(Br)c3)C2=O)c(F)c1.COC(=O)c1ccc(N2CCN(c3cccc(I)c3)C2=O)c(F)c1.